The third-order valence-electron chi connectivity index (χ3n) is 3.40. The highest BCUT2D eigenvalue weighted by molar-refractivity contribution is 5.78. The summed E-state index contributed by atoms with van der Waals surface area (Å²) in [6.45, 7) is 1.04. The molecule has 0 bridgehead atoms. The normalized spacial score (nSPS) is 21.6. The summed E-state index contributed by atoms with van der Waals surface area (Å²) in [6, 6.07) is 6.91. The van der Waals surface area contributed by atoms with Gasteiger partial charge in [-0.1, -0.05) is 12.8 Å². The van der Waals surface area contributed by atoms with E-state index in [1.54, 1.807) is 6.07 Å². The van der Waals surface area contributed by atoms with E-state index in [9.17, 15) is 4.39 Å². The molecule has 3 heteroatoms. The van der Waals surface area contributed by atoms with Crippen molar-refractivity contribution in [3.8, 4) is 0 Å². The Balaban J connectivity index is 1.93. The third kappa shape index (κ3) is 2.20. The van der Waals surface area contributed by atoms with Crippen LogP contribution in [-0.4, -0.2) is 6.54 Å². The maximum absolute atomic E-state index is 13.1. The van der Waals surface area contributed by atoms with Crippen molar-refractivity contribution in [1.29, 1.82) is 0 Å². The molecule has 0 saturated carbocycles. The van der Waals surface area contributed by atoms with E-state index in [1.165, 1.54) is 31.4 Å². The lowest BCUT2D eigenvalue weighted by molar-refractivity contribution is 0.426. The highest BCUT2D eigenvalue weighted by Gasteiger charge is 2.17. The minimum Gasteiger partial charge on any atom is -0.459 e. The van der Waals surface area contributed by atoms with Gasteiger partial charge in [-0.15, -0.1) is 0 Å². The molecule has 1 aliphatic rings. The highest BCUT2D eigenvalue weighted by atomic mass is 19.1. The minimum absolute atomic E-state index is 0.210. The van der Waals surface area contributed by atoms with Crippen LogP contribution in [0.1, 0.15) is 37.5 Å². The zero-order valence-corrected chi connectivity index (χ0v) is 9.71. The van der Waals surface area contributed by atoms with Crippen LogP contribution in [0.4, 0.5) is 4.39 Å². The molecule has 2 heterocycles. The number of furan rings is 1. The Morgan fingerprint density at radius 1 is 1.18 bits per heavy atom. The number of hydrogen-bond acceptors (Lipinski definition) is 2. The first-order valence-electron chi connectivity index (χ1n) is 6.25. The molecule has 1 atom stereocenters. The van der Waals surface area contributed by atoms with Crippen molar-refractivity contribution in [1.82, 2.24) is 5.32 Å². The first kappa shape index (κ1) is 10.8. The lowest BCUT2D eigenvalue weighted by Gasteiger charge is -2.11. The Bertz CT molecular complexity index is 512. The summed E-state index contributed by atoms with van der Waals surface area (Å²) in [5.41, 5.74) is 0.771. The summed E-state index contributed by atoms with van der Waals surface area (Å²) in [5, 5.41) is 4.34. The summed E-state index contributed by atoms with van der Waals surface area (Å²) in [4.78, 5) is 0. The lowest BCUT2D eigenvalue weighted by atomic mass is 10.1. The first-order chi connectivity index (χ1) is 8.33. The molecule has 0 amide bonds. The van der Waals surface area contributed by atoms with E-state index in [4.69, 9.17) is 4.42 Å². The van der Waals surface area contributed by atoms with Gasteiger partial charge in [-0.05, 0) is 43.7 Å². The van der Waals surface area contributed by atoms with Crippen LogP contribution in [0.15, 0.2) is 28.7 Å². The fourth-order valence-electron chi connectivity index (χ4n) is 2.48. The molecule has 1 aromatic carbocycles. The van der Waals surface area contributed by atoms with Crippen LogP contribution in [0.3, 0.4) is 0 Å². The van der Waals surface area contributed by atoms with Crippen molar-refractivity contribution in [3.05, 3.63) is 35.8 Å². The molecule has 1 fully saturated rings. The monoisotopic (exact) mass is 233 g/mol. The van der Waals surface area contributed by atoms with Crippen molar-refractivity contribution in [3.63, 3.8) is 0 Å². The molecule has 1 N–H and O–H groups in total. The Hall–Kier alpha value is -1.35. The van der Waals surface area contributed by atoms with Crippen molar-refractivity contribution in [2.45, 2.75) is 31.7 Å². The molecule has 90 valence electrons. The minimum atomic E-state index is -0.210. The number of hydrogen-bond donors (Lipinski definition) is 1. The van der Waals surface area contributed by atoms with E-state index >= 15 is 0 Å². The van der Waals surface area contributed by atoms with Gasteiger partial charge < -0.3 is 9.73 Å². The summed E-state index contributed by atoms with van der Waals surface area (Å²) >= 11 is 0. The van der Waals surface area contributed by atoms with Gasteiger partial charge >= 0.3 is 0 Å². The maximum atomic E-state index is 13.1. The van der Waals surface area contributed by atoms with Crippen molar-refractivity contribution < 1.29 is 8.81 Å². The molecule has 0 aliphatic carbocycles. The second kappa shape index (κ2) is 4.49. The fraction of sp³-hybridized carbons (Fsp3) is 0.429. The molecule has 1 unspecified atom stereocenters. The zero-order valence-electron chi connectivity index (χ0n) is 9.71. The summed E-state index contributed by atoms with van der Waals surface area (Å²) < 4.78 is 18.9. The molecule has 1 saturated heterocycles. The molecule has 0 spiro atoms. The summed E-state index contributed by atoms with van der Waals surface area (Å²) in [6.07, 6.45) is 4.83. The first-order valence-corrected chi connectivity index (χ1v) is 6.25. The molecule has 2 nitrogen and oxygen atoms in total. The van der Waals surface area contributed by atoms with Crippen LogP contribution in [0.5, 0.6) is 0 Å². The average Bonchev–Trinajstić information content (AvgIpc) is 2.57. The number of benzene rings is 1. The van der Waals surface area contributed by atoms with E-state index < -0.39 is 0 Å². The standard InChI is InChI=1S/C14H16FNO/c15-11-5-6-13-10(8-11)9-14(17-13)12-4-2-1-3-7-16-12/h5-6,8-9,12,16H,1-4,7H2. The van der Waals surface area contributed by atoms with E-state index in [-0.39, 0.29) is 11.9 Å². The Labute approximate surface area is 99.8 Å². The van der Waals surface area contributed by atoms with Crippen molar-refractivity contribution in [2.24, 2.45) is 0 Å². The van der Waals surface area contributed by atoms with Crippen LogP contribution >= 0.6 is 0 Å². The van der Waals surface area contributed by atoms with Crippen molar-refractivity contribution >= 4 is 11.0 Å². The predicted molar refractivity (Wildman–Crippen MR) is 65.4 cm³/mol. The molecule has 2 aromatic rings. The van der Waals surface area contributed by atoms with Gasteiger partial charge in [0.25, 0.3) is 0 Å². The molecule has 3 rings (SSSR count). The maximum Gasteiger partial charge on any atom is 0.134 e. The summed E-state index contributed by atoms with van der Waals surface area (Å²) in [5.74, 6) is 0.728. The predicted octanol–water partition coefficient (Wildman–Crippen LogP) is 3.78. The Morgan fingerprint density at radius 2 is 2.12 bits per heavy atom. The number of fused-ring (bicyclic) bond motifs is 1. The SMILES string of the molecule is Fc1ccc2oc(C3CCCCCN3)cc2c1. The average molecular weight is 233 g/mol. The lowest BCUT2D eigenvalue weighted by Crippen LogP contribution is -2.19. The Kier molecular flexibility index (Phi) is 2.85. The molecule has 0 radical (unpaired) electrons. The number of halogens is 1. The van der Waals surface area contributed by atoms with E-state index in [0.29, 0.717) is 0 Å². The van der Waals surface area contributed by atoms with E-state index in [2.05, 4.69) is 5.32 Å². The second-order valence-electron chi connectivity index (χ2n) is 4.69. The van der Waals surface area contributed by atoms with E-state index in [0.717, 1.165) is 29.7 Å². The second-order valence-corrected chi connectivity index (χ2v) is 4.69. The van der Waals surface area contributed by atoms with Gasteiger partial charge in [-0.2, -0.15) is 0 Å². The van der Waals surface area contributed by atoms with Gasteiger partial charge in [0.1, 0.15) is 17.2 Å². The quantitative estimate of drug-likeness (QED) is 0.811. The number of nitrogens with one attached hydrogen (secondary N) is 1. The van der Waals surface area contributed by atoms with Gasteiger partial charge in [0.15, 0.2) is 0 Å². The molecule has 17 heavy (non-hydrogen) atoms. The smallest absolute Gasteiger partial charge is 0.134 e. The topological polar surface area (TPSA) is 25.2 Å². The van der Waals surface area contributed by atoms with Crippen LogP contribution in [0.25, 0.3) is 11.0 Å². The van der Waals surface area contributed by atoms with Gasteiger partial charge in [-0.3, -0.25) is 0 Å². The van der Waals surface area contributed by atoms with Crippen LogP contribution in [-0.2, 0) is 0 Å². The van der Waals surface area contributed by atoms with Gasteiger partial charge in [0.05, 0.1) is 6.04 Å². The van der Waals surface area contributed by atoms with Crippen molar-refractivity contribution in [2.75, 3.05) is 6.54 Å². The van der Waals surface area contributed by atoms with Crippen LogP contribution in [0, 0.1) is 5.82 Å². The third-order valence-corrected chi connectivity index (χ3v) is 3.40. The summed E-state index contributed by atoms with van der Waals surface area (Å²) in [7, 11) is 0. The largest absolute Gasteiger partial charge is 0.459 e. The number of rotatable bonds is 1. The highest BCUT2D eigenvalue weighted by Crippen LogP contribution is 2.28. The fourth-order valence-corrected chi connectivity index (χ4v) is 2.48. The van der Waals surface area contributed by atoms with Gasteiger partial charge in [0.2, 0.25) is 0 Å². The molecular formula is C14H16FNO. The zero-order chi connectivity index (χ0) is 11.7. The Morgan fingerprint density at radius 3 is 3.06 bits per heavy atom. The van der Waals surface area contributed by atoms with E-state index in [1.807, 2.05) is 6.07 Å². The van der Waals surface area contributed by atoms with Gasteiger partial charge in [-0.25, -0.2) is 4.39 Å². The molecule has 1 aromatic heterocycles. The van der Waals surface area contributed by atoms with Crippen LogP contribution in [0.2, 0.25) is 0 Å². The van der Waals surface area contributed by atoms with Gasteiger partial charge in [0, 0.05) is 5.39 Å². The molecular weight excluding hydrogens is 217 g/mol. The van der Waals surface area contributed by atoms with Crippen LogP contribution < -0.4 is 5.32 Å². The molecule has 1 aliphatic heterocycles.